The molecule has 162 valence electrons. The van der Waals surface area contributed by atoms with Gasteiger partial charge < -0.3 is 15.4 Å². The molecular weight excluding hydrogens is 457 g/mol. The highest BCUT2D eigenvalue weighted by molar-refractivity contribution is 7.09. The first-order chi connectivity index (χ1) is 14.8. The van der Waals surface area contributed by atoms with Gasteiger partial charge in [0.2, 0.25) is 0 Å². The smallest absolute Gasteiger partial charge is 0.270 e. The summed E-state index contributed by atoms with van der Waals surface area (Å²) < 4.78 is 5.78. The Morgan fingerprint density at radius 2 is 1.68 bits per heavy atom. The molecule has 2 N–H and O–H groups in total. The van der Waals surface area contributed by atoms with Gasteiger partial charge >= 0.3 is 0 Å². The first kappa shape index (κ1) is 23.1. The van der Waals surface area contributed by atoms with E-state index in [2.05, 4.69) is 21.7 Å². The molecule has 1 aromatic heterocycles. The van der Waals surface area contributed by atoms with Gasteiger partial charge in [0.15, 0.2) is 0 Å². The number of aromatic nitrogens is 1. The summed E-state index contributed by atoms with van der Waals surface area (Å²) in [6.07, 6.45) is 0. The van der Waals surface area contributed by atoms with Gasteiger partial charge in [-0.1, -0.05) is 29.3 Å². The second-order valence-electron chi connectivity index (χ2n) is 6.87. The number of aryl methyl sites for hydroxylation is 2. The van der Waals surface area contributed by atoms with E-state index in [0.717, 1.165) is 16.9 Å². The van der Waals surface area contributed by atoms with Crippen molar-refractivity contribution in [3.05, 3.63) is 79.2 Å². The third-order valence-corrected chi connectivity index (χ3v) is 5.58. The van der Waals surface area contributed by atoms with Crippen molar-refractivity contribution in [1.29, 1.82) is 0 Å². The number of halogens is 2. The zero-order chi connectivity index (χ0) is 22.4. The Balaban J connectivity index is 1.44. The number of nitrogens with zero attached hydrogens (tertiary/aromatic N) is 1. The highest BCUT2D eigenvalue weighted by Gasteiger charge is 2.13. The Morgan fingerprint density at radius 1 is 1.00 bits per heavy atom. The Hall–Kier alpha value is -2.61. The number of hydrogen-bond donors (Lipinski definition) is 2. The lowest BCUT2D eigenvalue weighted by atomic mass is 10.1. The quantitative estimate of drug-likeness (QED) is 0.456. The average molecular weight is 478 g/mol. The van der Waals surface area contributed by atoms with Crippen LogP contribution in [0, 0.1) is 13.8 Å². The predicted octanol–water partition coefficient (Wildman–Crippen LogP) is 4.81. The third kappa shape index (κ3) is 6.69. The minimum atomic E-state index is -0.338. The molecule has 3 aromatic rings. The van der Waals surface area contributed by atoms with Crippen LogP contribution in [0.25, 0.3) is 0 Å². The molecule has 0 aliphatic heterocycles. The van der Waals surface area contributed by atoms with E-state index in [1.807, 2.05) is 26.0 Å². The molecule has 0 spiro atoms. The van der Waals surface area contributed by atoms with Gasteiger partial charge in [0.25, 0.3) is 11.8 Å². The van der Waals surface area contributed by atoms with Gasteiger partial charge in [0, 0.05) is 23.5 Å². The molecule has 0 atom stereocenters. The van der Waals surface area contributed by atoms with E-state index in [1.54, 1.807) is 17.5 Å². The molecule has 0 aliphatic carbocycles. The second kappa shape index (κ2) is 10.6. The van der Waals surface area contributed by atoms with Gasteiger partial charge in [-0.3, -0.25) is 9.59 Å². The van der Waals surface area contributed by atoms with Gasteiger partial charge in [-0.15, -0.1) is 11.3 Å². The molecule has 0 aliphatic rings. The fourth-order valence-electron chi connectivity index (χ4n) is 2.85. The van der Waals surface area contributed by atoms with E-state index in [-0.39, 0.29) is 29.9 Å². The van der Waals surface area contributed by atoms with Crippen LogP contribution in [0.5, 0.6) is 5.75 Å². The van der Waals surface area contributed by atoms with Crippen LogP contribution in [0.2, 0.25) is 10.0 Å². The summed E-state index contributed by atoms with van der Waals surface area (Å²) in [5.41, 5.74) is 2.89. The molecule has 0 unspecified atom stereocenters. The van der Waals surface area contributed by atoms with Crippen molar-refractivity contribution in [2.75, 3.05) is 13.1 Å². The number of hydrogen-bond acceptors (Lipinski definition) is 5. The van der Waals surface area contributed by atoms with Crippen LogP contribution < -0.4 is 15.4 Å². The monoisotopic (exact) mass is 477 g/mol. The van der Waals surface area contributed by atoms with Crippen molar-refractivity contribution in [2.24, 2.45) is 0 Å². The molecular formula is C22H21Cl2N3O3S. The molecule has 31 heavy (non-hydrogen) atoms. The molecule has 0 saturated carbocycles. The van der Waals surface area contributed by atoms with Crippen LogP contribution in [0.3, 0.4) is 0 Å². The fraction of sp³-hybridized carbons (Fsp3) is 0.227. The summed E-state index contributed by atoms with van der Waals surface area (Å²) in [7, 11) is 0. The molecule has 2 aromatic carbocycles. The standard InChI is InChI=1S/C22H21Cl2N3O3S/c1-13-7-14(2)9-16(8-13)30-11-20-27-19(12-31-20)22(29)26-6-5-25-21(28)17-4-3-15(23)10-18(17)24/h3-4,7-10,12H,5-6,11H2,1-2H3,(H,25,28)(H,26,29). The lowest BCUT2D eigenvalue weighted by Crippen LogP contribution is -2.34. The van der Waals surface area contributed by atoms with E-state index in [1.165, 1.54) is 17.4 Å². The minimum Gasteiger partial charge on any atom is -0.486 e. The summed E-state index contributed by atoms with van der Waals surface area (Å²) >= 11 is 13.2. The van der Waals surface area contributed by atoms with E-state index in [4.69, 9.17) is 27.9 Å². The molecule has 0 radical (unpaired) electrons. The van der Waals surface area contributed by atoms with E-state index < -0.39 is 0 Å². The lowest BCUT2D eigenvalue weighted by Gasteiger charge is -2.08. The second-order valence-corrected chi connectivity index (χ2v) is 8.66. The van der Waals surface area contributed by atoms with Crippen molar-refractivity contribution >= 4 is 46.4 Å². The molecule has 6 nitrogen and oxygen atoms in total. The van der Waals surface area contributed by atoms with Gasteiger partial charge in [0.1, 0.15) is 23.1 Å². The number of amides is 2. The summed E-state index contributed by atoms with van der Waals surface area (Å²) in [4.78, 5) is 28.7. The fourth-order valence-corrected chi connectivity index (χ4v) is 4.03. The zero-order valence-corrected chi connectivity index (χ0v) is 19.3. The first-order valence-corrected chi connectivity index (χ1v) is 11.1. The maximum absolute atomic E-state index is 12.3. The molecule has 9 heteroatoms. The van der Waals surface area contributed by atoms with Crippen molar-refractivity contribution in [3.63, 3.8) is 0 Å². The molecule has 2 amide bonds. The maximum atomic E-state index is 12.3. The number of rotatable bonds is 8. The Kier molecular flexibility index (Phi) is 7.90. The van der Waals surface area contributed by atoms with Crippen molar-refractivity contribution in [3.8, 4) is 5.75 Å². The summed E-state index contributed by atoms with van der Waals surface area (Å²) in [5, 5.41) is 8.54. The molecule has 0 bridgehead atoms. The maximum Gasteiger partial charge on any atom is 0.270 e. The normalized spacial score (nSPS) is 10.6. The third-order valence-electron chi connectivity index (χ3n) is 4.21. The largest absolute Gasteiger partial charge is 0.486 e. The van der Waals surface area contributed by atoms with Crippen LogP contribution in [-0.2, 0) is 6.61 Å². The molecule has 3 rings (SSSR count). The predicted molar refractivity (Wildman–Crippen MR) is 123 cm³/mol. The van der Waals surface area contributed by atoms with Crippen LogP contribution in [0.15, 0.2) is 41.8 Å². The Labute approximate surface area is 194 Å². The molecule has 0 fully saturated rings. The number of thiazole rings is 1. The lowest BCUT2D eigenvalue weighted by molar-refractivity contribution is 0.0925. The van der Waals surface area contributed by atoms with Gasteiger partial charge in [0.05, 0.1) is 10.6 Å². The summed E-state index contributed by atoms with van der Waals surface area (Å²) in [5.74, 6) is 0.123. The van der Waals surface area contributed by atoms with Crippen molar-refractivity contribution in [1.82, 2.24) is 15.6 Å². The SMILES string of the molecule is Cc1cc(C)cc(OCc2nc(C(=O)NCCNC(=O)c3ccc(Cl)cc3Cl)cs2)c1. The Bertz CT molecular complexity index is 1080. The van der Waals surface area contributed by atoms with Crippen LogP contribution in [0.1, 0.15) is 37.0 Å². The van der Waals surface area contributed by atoms with Crippen LogP contribution in [-0.4, -0.2) is 29.9 Å². The number of carbonyl (C=O) groups excluding carboxylic acids is 2. The Morgan fingerprint density at radius 3 is 2.35 bits per heavy atom. The number of carbonyl (C=O) groups is 2. The van der Waals surface area contributed by atoms with Crippen LogP contribution >= 0.6 is 34.5 Å². The van der Waals surface area contributed by atoms with E-state index in [0.29, 0.717) is 27.9 Å². The molecule has 1 heterocycles. The zero-order valence-electron chi connectivity index (χ0n) is 17.0. The van der Waals surface area contributed by atoms with E-state index >= 15 is 0 Å². The van der Waals surface area contributed by atoms with Crippen LogP contribution in [0.4, 0.5) is 0 Å². The first-order valence-electron chi connectivity index (χ1n) is 9.49. The van der Waals surface area contributed by atoms with E-state index in [9.17, 15) is 9.59 Å². The van der Waals surface area contributed by atoms with Gasteiger partial charge in [-0.05, 0) is 55.3 Å². The number of ether oxygens (including phenoxy) is 1. The molecule has 0 saturated heterocycles. The summed E-state index contributed by atoms with van der Waals surface area (Å²) in [6, 6.07) is 10.6. The topological polar surface area (TPSA) is 80.3 Å². The van der Waals surface area contributed by atoms with Crippen molar-refractivity contribution in [2.45, 2.75) is 20.5 Å². The van der Waals surface area contributed by atoms with Crippen molar-refractivity contribution < 1.29 is 14.3 Å². The number of nitrogens with one attached hydrogen (secondary N) is 2. The average Bonchev–Trinajstić information content (AvgIpc) is 3.18. The highest BCUT2D eigenvalue weighted by Crippen LogP contribution is 2.21. The van der Waals surface area contributed by atoms with Gasteiger partial charge in [-0.25, -0.2) is 4.98 Å². The number of benzene rings is 2. The summed E-state index contributed by atoms with van der Waals surface area (Å²) in [6.45, 7) is 4.81. The highest BCUT2D eigenvalue weighted by atomic mass is 35.5. The van der Waals surface area contributed by atoms with Gasteiger partial charge in [-0.2, -0.15) is 0 Å². The minimum absolute atomic E-state index is 0.246.